The molecule has 0 saturated heterocycles. The van der Waals surface area contributed by atoms with Gasteiger partial charge in [-0.3, -0.25) is 9.59 Å². The summed E-state index contributed by atoms with van der Waals surface area (Å²) in [6.45, 7) is 0. The summed E-state index contributed by atoms with van der Waals surface area (Å²) in [6.07, 6.45) is 4.23. The number of rotatable bonds is 3. The highest BCUT2D eigenvalue weighted by molar-refractivity contribution is 6.03. The second-order valence-electron chi connectivity index (χ2n) is 6.55. The third-order valence-corrected chi connectivity index (χ3v) is 4.75. The Morgan fingerprint density at radius 1 is 1.00 bits per heavy atom. The van der Waals surface area contributed by atoms with Crippen molar-refractivity contribution in [3.05, 3.63) is 87.6 Å². The Morgan fingerprint density at radius 2 is 1.78 bits per heavy atom. The van der Waals surface area contributed by atoms with E-state index in [0.717, 1.165) is 36.1 Å². The lowest BCUT2D eigenvalue weighted by Gasteiger charge is -2.19. The zero-order chi connectivity index (χ0) is 18.8. The summed E-state index contributed by atoms with van der Waals surface area (Å²) >= 11 is 0. The summed E-state index contributed by atoms with van der Waals surface area (Å²) in [5.41, 5.74) is 3.35. The average Bonchev–Trinajstić information content (AvgIpc) is 2.69. The SMILES string of the molecule is O=C(Nc1cccc2c1CCCC2)c1ccc(=O)n(-c2ccc(F)cc2)n1. The number of aromatic nitrogens is 2. The van der Waals surface area contributed by atoms with Crippen molar-refractivity contribution in [2.75, 3.05) is 5.32 Å². The number of hydrogen-bond donors (Lipinski definition) is 1. The largest absolute Gasteiger partial charge is 0.320 e. The number of amides is 1. The normalized spacial score (nSPS) is 13.1. The third kappa shape index (κ3) is 3.51. The van der Waals surface area contributed by atoms with Crippen LogP contribution in [0.25, 0.3) is 5.69 Å². The first-order valence-corrected chi connectivity index (χ1v) is 8.90. The summed E-state index contributed by atoms with van der Waals surface area (Å²) in [7, 11) is 0. The Hall–Kier alpha value is -3.28. The Bertz CT molecular complexity index is 1060. The zero-order valence-electron chi connectivity index (χ0n) is 14.6. The summed E-state index contributed by atoms with van der Waals surface area (Å²) < 4.78 is 14.2. The van der Waals surface area contributed by atoms with Crippen LogP contribution in [0, 0.1) is 5.82 Å². The van der Waals surface area contributed by atoms with Crippen molar-refractivity contribution in [2.45, 2.75) is 25.7 Å². The van der Waals surface area contributed by atoms with E-state index in [9.17, 15) is 14.0 Å². The lowest BCUT2D eigenvalue weighted by molar-refractivity contribution is 0.102. The smallest absolute Gasteiger partial charge is 0.276 e. The molecule has 0 saturated carbocycles. The quantitative estimate of drug-likeness (QED) is 0.775. The maximum absolute atomic E-state index is 13.1. The summed E-state index contributed by atoms with van der Waals surface area (Å²) in [5.74, 6) is -0.792. The highest BCUT2D eigenvalue weighted by Gasteiger charge is 2.16. The van der Waals surface area contributed by atoms with E-state index >= 15 is 0 Å². The summed E-state index contributed by atoms with van der Waals surface area (Å²) in [4.78, 5) is 24.8. The van der Waals surface area contributed by atoms with E-state index < -0.39 is 11.4 Å². The van der Waals surface area contributed by atoms with E-state index in [1.807, 2.05) is 12.1 Å². The predicted molar refractivity (Wildman–Crippen MR) is 101 cm³/mol. The lowest BCUT2D eigenvalue weighted by Crippen LogP contribution is -2.25. The van der Waals surface area contributed by atoms with Gasteiger partial charge < -0.3 is 5.32 Å². The fraction of sp³-hybridized carbons (Fsp3) is 0.190. The van der Waals surface area contributed by atoms with Gasteiger partial charge in [0.05, 0.1) is 5.69 Å². The van der Waals surface area contributed by atoms with Crippen LogP contribution in [0.2, 0.25) is 0 Å². The minimum Gasteiger partial charge on any atom is -0.320 e. The van der Waals surface area contributed by atoms with Crippen molar-refractivity contribution < 1.29 is 9.18 Å². The van der Waals surface area contributed by atoms with Crippen LogP contribution >= 0.6 is 0 Å². The molecule has 0 spiro atoms. The van der Waals surface area contributed by atoms with E-state index in [-0.39, 0.29) is 11.6 Å². The molecule has 1 amide bonds. The van der Waals surface area contributed by atoms with Crippen molar-refractivity contribution in [1.82, 2.24) is 9.78 Å². The minimum absolute atomic E-state index is 0.118. The van der Waals surface area contributed by atoms with E-state index in [1.165, 1.54) is 47.5 Å². The van der Waals surface area contributed by atoms with Crippen molar-refractivity contribution >= 4 is 11.6 Å². The van der Waals surface area contributed by atoms with Gasteiger partial charge >= 0.3 is 0 Å². The number of carbonyl (C=O) groups excluding carboxylic acids is 1. The van der Waals surface area contributed by atoms with Crippen molar-refractivity contribution in [3.63, 3.8) is 0 Å². The second-order valence-corrected chi connectivity index (χ2v) is 6.55. The number of benzene rings is 2. The number of halogens is 1. The van der Waals surface area contributed by atoms with Crippen LogP contribution in [-0.4, -0.2) is 15.7 Å². The summed E-state index contributed by atoms with van der Waals surface area (Å²) in [5, 5.41) is 7.07. The molecule has 0 radical (unpaired) electrons. The Labute approximate surface area is 155 Å². The van der Waals surface area contributed by atoms with Crippen molar-refractivity contribution in [1.29, 1.82) is 0 Å². The highest BCUT2D eigenvalue weighted by atomic mass is 19.1. The van der Waals surface area contributed by atoms with Gasteiger partial charge in [0.15, 0.2) is 0 Å². The Balaban J connectivity index is 1.64. The molecule has 1 aromatic heterocycles. The van der Waals surface area contributed by atoms with Crippen LogP contribution in [0.15, 0.2) is 59.4 Å². The van der Waals surface area contributed by atoms with Gasteiger partial charge in [-0.15, -0.1) is 0 Å². The molecule has 0 atom stereocenters. The van der Waals surface area contributed by atoms with Gasteiger partial charge in [0.1, 0.15) is 11.5 Å². The first-order valence-electron chi connectivity index (χ1n) is 8.90. The molecule has 1 aliphatic rings. The number of anilines is 1. The van der Waals surface area contributed by atoms with Gasteiger partial charge in [0.2, 0.25) is 0 Å². The standard InChI is InChI=1S/C21H18FN3O2/c22-15-8-10-16(11-9-15)25-20(26)13-12-19(24-25)21(27)23-18-7-3-5-14-4-1-2-6-17(14)18/h3,5,7-13H,1-2,4,6H2,(H,23,27). The molecule has 1 N–H and O–H groups in total. The number of nitrogens with zero attached hydrogens (tertiary/aromatic N) is 2. The molecule has 136 valence electrons. The molecule has 2 aromatic carbocycles. The maximum Gasteiger partial charge on any atom is 0.276 e. The molecular formula is C21H18FN3O2. The average molecular weight is 363 g/mol. The van der Waals surface area contributed by atoms with Gasteiger partial charge in [-0.1, -0.05) is 12.1 Å². The molecule has 6 heteroatoms. The lowest BCUT2D eigenvalue weighted by atomic mass is 9.90. The molecule has 0 fully saturated rings. The predicted octanol–water partition coefficient (Wildman–Crippen LogP) is 3.50. The van der Waals surface area contributed by atoms with Crippen LogP contribution in [0.4, 0.5) is 10.1 Å². The number of fused-ring (bicyclic) bond motifs is 1. The molecule has 1 heterocycles. The Kier molecular flexibility index (Phi) is 4.54. The van der Waals surface area contributed by atoms with E-state index in [2.05, 4.69) is 16.5 Å². The monoisotopic (exact) mass is 363 g/mol. The highest BCUT2D eigenvalue weighted by Crippen LogP contribution is 2.28. The Morgan fingerprint density at radius 3 is 2.59 bits per heavy atom. The zero-order valence-corrected chi connectivity index (χ0v) is 14.6. The van der Waals surface area contributed by atoms with Gasteiger partial charge in [-0.25, -0.2) is 4.39 Å². The molecule has 4 rings (SSSR count). The van der Waals surface area contributed by atoms with Crippen LogP contribution in [-0.2, 0) is 12.8 Å². The fourth-order valence-electron chi connectivity index (χ4n) is 3.38. The van der Waals surface area contributed by atoms with Crippen molar-refractivity contribution in [3.8, 4) is 5.69 Å². The minimum atomic E-state index is -0.408. The fourth-order valence-corrected chi connectivity index (χ4v) is 3.38. The molecule has 0 aliphatic heterocycles. The topological polar surface area (TPSA) is 64.0 Å². The molecular weight excluding hydrogens is 345 g/mol. The summed E-state index contributed by atoms with van der Waals surface area (Å²) in [6, 6.07) is 14.0. The number of hydrogen-bond acceptors (Lipinski definition) is 3. The second kappa shape index (κ2) is 7.15. The molecule has 3 aromatic rings. The molecule has 1 aliphatic carbocycles. The van der Waals surface area contributed by atoms with Gasteiger partial charge in [0, 0.05) is 11.8 Å². The molecule has 0 bridgehead atoms. The van der Waals surface area contributed by atoms with E-state index in [4.69, 9.17) is 0 Å². The van der Waals surface area contributed by atoms with Crippen LogP contribution < -0.4 is 10.9 Å². The third-order valence-electron chi connectivity index (χ3n) is 4.75. The molecule has 5 nitrogen and oxygen atoms in total. The van der Waals surface area contributed by atoms with Gasteiger partial charge in [-0.05, 0) is 73.2 Å². The van der Waals surface area contributed by atoms with Gasteiger partial charge in [-0.2, -0.15) is 9.78 Å². The van der Waals surface area contributed by atoms with Crippen molar-refractivity contribution in [2.24, 2.45) is 0 Å². The number of aryl methyl sites for hydroxylation is 1. The van der Waals surface area contributed by atoms with E-state index in [1.54, 1.807) is 0 Å². The maximum atomic E-state index is 13.1. The first kappa shape index (κ1) is 17.1. The number of nitrogens with one attached hydrogen (secondary N) is 1. The molecule has 0 unspecified atom stereocenters. The van der Waals surface area contributed by atoms with Crippen LogP contribution in [0.1, 0.15) is 34.5 Å². The number of carbonyl (C=O) groups is 1. The van der Waals surface area contributed by atoms with Crippen LogP contribution in [0.5, 0.6) is 0 Å². The van der Waals surface area contributed by atoms with E-state index in [0.29, 0.717) is 5.69 Å². The van der Waals surface area contributed by atoms with Gasteiger partial charge in [0.25, 0.3) is 11.5 Å². The molecule has 27 heavy (non-hydrogen) atoms. The van der Waals surface area contributed by atoms with Crippen LogP contribution in [0.3, 0.4) is 0 Å². The first-order chi connectivity index (χ1) is 13.1.